The number of rotatable bonds is 6. The predicted octanol–water partition coefficient (Wildman–Crippen LogP) is 4.33. The zero-order chi connectivity index (χ0) is 20.1. The Morgan fingerprint density at radius 1 is 1.21 bits per heavy atom. The molecular weight excluding hydrogens is 392 g/mol. The number of ether oxygens (including phenoxy) is 1. The van der Waals surface area contributed by atoms with Crippen molar-refractivity contribution in [2.24, 2.45) is 0 Å². The van der Waals surface area contributed by atoms with Crippen molar-refractivity contribution in [3.8, 4) is 5.75 Å². The maximum absolute atomic E-state index is 12.7. The first kappa shape index (κ1) is 20.1. The summed E-state index contributed by atoms with van der Waals surface area (Å²) < 4.78 is 5.85. The van der Waals surface area contributed by atoms with E-state index in [-0.39, 0.29) is 11.8 Å². The van der Waals surface area contributed by atoms with E-state index in [1.54, 1.807) is 18.2 Å². The predicted molar refractivity (Wildman–Crippen MR) is 116 cm³/mol. The van der Waals surface area contributed by atoms with Crippen LogP contribution in [0.2, 0.25) is 0 Å². The van der Waals surface area contributed by atoms with Gasteiger partial charge in [0, 0.05) is 5.56 Å². The highest BCUT2D eigenvalue weighted by Crippen LogP contribution is 2.31. The van der Waals surface area contributed by atoms with E-state index in [4.69, 9.17) is 17.0 Å². The van der Waals surface area contributed by atoms with Gasteiger partial charge in [-0.3, -0.25) is 15.0 Å². The van der Waals surface area contributed by atoms with Crippen molar-refractivity contribution < 1.29 is 14.3 Å². The third-order valence-corrected chi connectivity index (χ3v) is 5.35. The highest BCUT2D eigenvalue weighted by molar-refractivity contribution is 8.26. The average molecular weight is 413 g/mol. The molecule has 2 amide bonds. The minimum atomic E-state index is -0.368. The molecule has 1 saturated heterocycles. The average Bonchev–Trinajstić information content (AvgIpc) is 2.95. The van der Waals surface area contributed by atoms with Crippen LogP contribution in [0.5, 0.6) is 5.75 Å². The van der Waals surface area contributed by atoms with Crippen molar-refractivity contribution in [1.29, 1.82) is 0 Å². The van der Waals surface area contributed by atoms with Gasteiger partial charge in [0.25, 0.3) is 11.8 Å². The minimum absolute atomic E-state index is 0.293. The van der Waals surface area contributed by atoms with E-state index in [9.17, 15) is 9.59 Å². The molecule has 0 aromatic heterocycles. The molecule has 3 rings (SSSR count). The second-order valence-electron chi connectivity index (χ2n) is 6.19. The first-order chi connectivity index (χ1) is 13.5. The standard InChI is InChI=1S/C21H20N2O3S2/c1-3-12-26-16-10-8-15(9-11-16)13-18-20(25)23(21(27)28-18)22-19(24)17-7-5-4-6-14(17)2/h4-11,13H,3,12H2,1-2H3,(H,22,24)/b18-13-. The van der Waals surface area contributed by atoms with E-state index in [0.717, 1.165) is 40.1 Å². The summed E-state index contributed by atoms with van der Waals surface area (Å²) in [5.41, 5.74) is 4.79. The summed E-state index contributed by atoms with van der Waals surface area (Å²) in [7, 11) is 0. The molecule has 0 unspecified atom stereocenters. The number of hydrogen-bond acceptors (Lipinski definition) is 5. The van der Waals surface area contributed by atoms with Gasteiger partial charge in [0.1, 0.15) is 5.75 Å². The molecule has 1 fully saturated rings. The Balaban J connectivity index is 1.71. The number of nitrogens with zero attached hydrogens (tertiary/aromatic N) is 1. The summed E-state index contributed by atoms with van der Waals surface area (Å²) >= 11 is 6.43. The smallest absolute Gasteiger partial charge is 0.285 e. The Morgan fingerprint density at radius 3 is 2.61 bits per heavy atom. The normalized spacial score (nSPS) is 15.2. The van der Waals surface area contributed by atoms with E-state index in [0.29, 0.717) is 21.4 Å². The number of thiocarbonyl (C=S) groups is 1. The molecule has 0 aliphatic carbocycles. The molecular formula is C21H20N2O3S2. The fourth-order valence-electron chi connectivity index (χ4n) is 2.59. The Kier molecular flexibility index (Phi) is 6.49. The van der Waals surface area contributed by atoms with Crippen molar-refractivity contribution in [3.63, 3.8) is 0 Å². The number of hydrogen-bond donors (Lipinski definition) is 1. The van der Waals surface area contributed by atoms with Gasteiger partial charge in [-0.1, -0.05) is 49.0 Å². The minimum Gasteiger partial charge on any atom is -0.494 e. The van der Waals surface area contributed by atoms with Crippen molar-refractivity contribution in [3.05, 3.63) is 70.1 Å². The molecule has 1 heterocycles. The molecule has 5 nitrogen and oxygen atoms in total. The fourth-order valence-corrected chi connectivity index (χ4v) is 3.76. The summed E-state index contributed by atoms with van der Waals surface area (Å²) in [4.78, 5) is 25.6. The molecule has 2 aromatic rings. The molecule has 28 heavy (non-hydrogen) atoms. The zero-order valence-electron chi connectivity index (χ0n) is 15.6. The Hall–Kier alpha value is -2.64. The Bertz CT molecular complexity index is 939. The lowest BCUT2D eigenvalue weighted by Gasteiger charge is -2.16. The quantitative estimate of drug-likeness (QED) is 0.565. The van der Waals surface area contributed by atoms with Crippen LogP contribution >= 0.6 is 24.0 Å². The molecule has 1 N–H and O–H groups in total. The Morgan fingerprint density at radius 2 is 1.93 bits per heavy atom. The first-order valence-electron chi connectivity index (χ1n) is 8.87. The summed E-state index contributed by atoms with van der Waals surface area (Å²) in [6.07, 6.45) is 2.70. The largest absolute Gasteiger partial charge is 0.494 e. The number of hydrazine groups is 1. The molecule has 7 heteroatoms. The molecule has 144 valence electrons. The van der Waals surface area contributed by atoms with Crippen molar-refractivity contribution in [2.45, 2.75) is 20.3 Å². The van der Waals surface area contributed by atoms with Crippen LogP contribution in [-0.4, -0.2) is 27.8 Å². The molecule has 1 aliphatic heterocycles. The SMILES string of the molecule is CCCOc1ccc(/C=C2\SC(=S)N(NC(=O)c3ccccc3C)C2=O)cc1. The number of amides is 2. The van der Waals surface area contributed by atoms with Crippen molar-refractivity contribution >= 4 is 46.2 Å². The van der Waals surface area contributed by atoms with Gasteiger partial charge < -0.3 is 4.74 Å². The zero-order valence-corrected chi connectivity index (χ0v) is 17.2. The van der Waals surface area contributed by atoms with Gasteiger partial charge in [-0.2, -0.15) is 5.01 Å². The van der Waals surface area contributed by atoms with Gasteiger partial charge in [-0.15, -0.1) is 0 Å². The summed E-state index contributed by atoms with van der Waals surface area (Å²) in [5, 5.41) is 1.12. The number of thioether (sulfide) groups is 1. The molecule has 0 saturated carbocycles. The van der Waals surface area contributed by atoms with Gasteiger partial charge in [-0.05, 0) is 61.0 Å². The van der Waals surface area contributed by atoms with Gasteiger partial charge in [-0.25, -0.2) is 0 Å². The van der Waals surface area contributed by atoms with E-state index in [1.807, 2.05) is 50.2 Å². The van der Waals surface area contributed by atoms with E-state index in [2.05, 4.69) is 5.43 Å². The maximum atomic E-state index is 12.7. The first-order valence-corrected chi connectivity index (χ1v) is 10.1. The van der Waals surface area contributed by atoms with Gasteiger partial charge in [0.15, 0.2) is 4.32 Å². The topological polar surface area (TPSA) is 58.6 Å². The molecule has 0 radical (unpaired) electrons. The number of carbonyl (C=O) groups excluding carboxylic acids is 2. The number of carbonyl (C=O) groups is 2. The Labute approximate surface area is 173 Å². The van der Waals surface area contributed by atoms with Crippen molar-refractivity contribution in [2.75, 3.05) is 6.61 Å². The second-order valence-corrected chi connectivity index (χ2v) is 7.87. The lowest BCUT2D eigenvalue weighted by atomic mass is 10.1. The van der Waals surface area contributed by atoms with Crippen LogP contribution in [0.25, 0.3) is 6.08 Å². The van der Waals surface area contributed by atoms with E-state index < -0.39 is 0 Å². The highest BCUT2D eigenvalue weighted by Gasteiger charge is 2.33. The summed E-state index contributed by atoms with van der Waals surface area (Å²) in [6.45, 7) is 4.56. The lowest BCUT2D eigenvalue weighted by Crippen LogP contribution is -2.45. The van der Waals surface area contributed by atoms with Crippen molar-refractivity contribution in [1.82, 2.24) is 10.4 Å². The van der Waals surface area contributed by atoms with E-state index >= 15 is 0 Å². The molecule has 0 atom stereocenters. The fraction of sp³-hybridized carbons (Fsp3) is 0.190. The summed E-state index contributed by atoms with van der Waals surface area (Å²) in [5.74, 6) is 0.0772. The number of aryl methyl sites for hydroxylation is 1. The lowest BCUT2D eigenvalue weighted by molar-refractivity contribution is -0.123. The van der Waals surface area contributed by atoms with Crippen LogP contribution in [0.4, 0.5) is 0 Å². The van der Waals surface area contributed by atoms with Crippen LogP contribution < -0.4 is 10.2 Å². The van der Waals surface area contributed by atoms with Crippen LogP contribution in [0.1, 0.15) is 34.8 Å². The summed E-state index contributed by atoms with van der Waals surface area (Å²) in [6, 6.07) is 14.7. The van der Waals surface area contributed by atoms with Crippen LogP contribution in [0, 0.1) is 6.92 Å². The number of benzene rings is 2. The monoisotopic (exact) mass is 412 g/mol. The third-order valence-electron chi connectivity index (χ3n) is 4.05. The van der Waals surface area contributed by atoms with E-state index in [1.165, 1.54) is 0 Å². The van der Waals surface area contributed by atoms with Crippen LogP contribution in [-0.2, 0) is 4.79 Å². The van der Waals surface area contributed by atoms with Gasteiger partial charge >= 0.3 is 0 Å². The maximum Gasteiger partial charge on any atom is 0.285 e. The number of nitrogens with one attached hydrogen (secondary N) is 1. The molecule has 1 aliphatic rings. The highest BCUT2D eigenvalue weighted by atomic mass is 32.2. The molecule has 0 bridgehead atoms. The van der Waals surface area contributed by atoms with Crippen LogP contribution in [0.15, 0.2) is 53.4 Å². The molecule has 0 spiro atoms. The van der Waals surface area contributed by atoms with Gasteiger partial charge in [0.05, 0.1) is 11.5 Å². The van der Waals surface area contributed by atoms with Gasteiger partial charge in [0.2, 0.25) is 0 Å². The second kappa shape index (κ2) is 9.03. The molecule has 2 aromatic carbocycles. The van der Waals surface area contributed by atoms with Crippen LogP contribution in [0.3, 0.4) is 0 Å². The third kappa shape index (κ3) is 4.61.